The fraction of sp³-hybridized carbons (Fsp3) is 0.333. The van der Waals surface area contributed by atoms with Crippen LogP contribution in [0.25, 0.3) is 5.65 Å². The SMILES string of the molecule is Cc1nc2c(C)cccn2c1CC(=O)N(Cc1ccccc1)C(C)C. The van der Waals surface area contributed by atoms with E-state index in [-0.39, 0.29) is 11.9 Å². The number of carbonyl (C=O) groups excluding carboxylic acids is 1. The van der Waals surface area contributed by atoms with Gasteiger partial charge < -0.3 is 9.30 Å². The van der Waals surface area contributed by atoms with Gasteiger partial charge in [0.25, 0.3) is 0 Å². The van der Waals surface area contributed by atoms with Gasteiger partial charge >= 0.3 is 0 Å². The Bertz CT molecular complexity index is 881. The second-order valence-electron chi connectivity index (χ2n) is 6.81. The topological polar surface area (TPSA) is 37.6 Å². The summed E-state index contributed by atoms with van der Waals surface area (Å²) in [6, 6.07) is 14.3. The summed E-state index contributed by atoms with van der Waals surface area (Å²) in [7, 11) is 0. The molecule has 4 heteroatoms. The number of hydrogen-bond acceptors (Lipinski definition) is 2. The summed E-state index contributed by atoms with van der Waals surface area (Å²) in [6.07, 6.45) is 2.35. The first-order valence-corrected chi connectivity index (χ1v) is 8.74. The molecular weight excluding hydrogens is 310 g/mol. The number of rotatable bonds is 5. The maximum atomic E-state index is 13.0. The van der Waals surface area contributed by atoms with Crippen molar-refractivity contribution in [3.63, 3.8) is 0 Å². The van der Waals surface area contributed by atoms with Crippen LogP contribution in [0.2, 0.25) is 0 Å². The van der Waals surface area contributed by atoms with Crippen molar-refractivity contribution in [3.8, 4) is 0 Å². The van der Waals surface area contributed by atoms with Gasteiger partial charge in [-0.15, -0.1) is 0 Å². The molecule has 0 saturated carbocycles. The Morgan fingerprint density at radius 2 is 1.84 bits per heavy atom. The van der Waals surface area contributed by atoms with Crippen molar-refractivity contribution in [1.82, 2.24) is 14.3 Å². The van der Waals surface area contributed by atoms with Gasteiger partial charge in [0.1, 0.15) is 5.65 Å². The van der Waals surface area contributed by atoms with Crippen LogP contribution in [0.1, 0.15) is 36.4 Å². The minimum atomic E-state index is 0.130. The molecule has 0 aliphatic carbocycles. The second-order valence-corrected chi connectivity index (χ2v) is 6.81. The number of fused-ring (bicyclic) bond motifs is 1. The van der Waals surface area contributed by atoms with Crippen LogP contribution in [-0.2, 0) is 17.8 Å². The maximum Gasteiger partial charge on any atom is 0.229 e. The molecule has 0 bridgehead atoms. The maximum absolute atomic E-state index is 13.0. The quantitative estimate of drug-likeness (QED) is 0.708. The normalized spacial score (nSPS) is 11.2. The summed E-state index contributed by atoms with van der Waals surface area (Å²) in [5.74, 6) is 0.130. The molecule has 3 rings (SSSR count). The molecule has 0 saturated heterocycles. The van der Waals surface area contributed by atoms with Crippen molar-refractivity contribution >= 4 is 11.6 Å². The predicted molar refractivity (Wildman–Crippen MR) is 100 cm³/mol. The van der Waals surface area contributed by atoms with Gasteiger partial charge in [-0.3, -0.25) is 4.79 Å². The van der Waals surface area contributed by atoms with Gasteiger partial charge in [0.15, 0.2) is 0 Å². The Labute approximate surface area is 149 Å². The third-order valence-electron chi connectivity index (χ3n) is 4.60. The zero-order chi connectivity index (χ0) is 18.0. The summed E-state index contributed by atoms with van der Waals surface area (Å²) in [4.78, 5) is 19.6. The zero-order valence-electron chi connectivity index (χ0n) is 15.4. The molecule has 0 atom stereocenters. The molecule has 1 aromatic carbocycles. The van der Waals surface area contributed by atoms with Gasteiger partial charge in [-0.2, -0.15) is 0 Å². The molecule has 3 aromatic rings. The monoisotopic (exact) mass is 335 g/mol. The number of nitrogens with zero attached hydrogens (tertiary/aromatic N) is 3. The fourth-order valence-corrected chi connectivity index (χ4v) is 3.16. The third-order valence-corrected chi connectivity index (χ3v) is 4.60. The van der Waals surface area contributed by atoms with E-state index in [9.17, 15) is 4.79 Å². The highest BCUT2D eigenvalue weighted by atomic mass is 16.2. The largest absolute Gasteiger partial charge is 0.336 e. The van der Waals surface area contributed by atoms with E-state index in [1.807, 2.05) is 59.7 Å². The summed E-state index contributed by atoms with van der Waals surface area (Å²) < 4.78 is 2.05. The molecule has 130 valence electrons. The van der Waals surface area contributed by atoms with Crippen molar-refractivity contribution in [1.29, 1.82) is 0 Å². The molecular formula is C21H25N3O. The Morgan fingerprint density at radius 1 is 1.12 bits per heavy atom. The average molecular weight is 335 g/mol. The number of aromatic nitrogens is 2. The summed E-state index contributed by atoms with van der Waals surface area (Å²) in [5, 5.41) is 0. The van der Waals surface area contributed by atoms with E-state index < -0.39 is 0 Å². The minimum Gasteiger partial charge on any atom is -0.336 e. The molecule has 2 heterocycles. The lowest BCUT2D eigenvalue weighted by Gasteiger charge is -2.27. The van der Waals surface area contributed by atoms with E-state index in [4.69, 9.17) is 0 Å². The first kappa shape index (κ1) is 17.2. The van der Waals surface area contributed by atoms with Crippen LogP contribution in [0, 0.1) is 13.8 Å². The van der Waals surface area contributed by atoms with Crippen LogP contribution in [-0.4, -0.2) is 26.2 Å². The number of hydrogen-bond donors (Lipinski definition) is 0. The molecule has 0 unspecified atom stereocenters. The first-order valence-electron chi connectivity index (χ1n) is 8.74. The van der Waals surface area contributed by atoms with Gasteiger partial charge in [0.05, 0.1) is 17.8 Å². The van der Waals surface area contributed by atoms with E-state index in [0.717, 1.165) is 28.2 Å². The Morgan fingerprint density at radius 3 is 2.52 bits per heavy atom. The predicted octanol–water partition coefficient (Wildman–Crippen LogP) is 3.93. The number of pyridine rings is 1. The molecule has 25 heavy (non-hydrogen) atoms. The van der Waals surface area contributed by atoms with Gasteiger partial charge in [-0.1, -0.05) is 36.4 Å². The highest BCUT2D eigenvalue weighted by molar-refractivity contribution is 5.79. The smallest absolute Gasteiger partial charge is 0.229 e. The molecule has 0 fully saturated rings. The van der Waals surface area contributed by atoms with E-state index in [1.54, 1.807) is 0 Å². The standard InChI is InChI=1S/C21H25N3O/c1-15(2)24(14-18-10-6-5-7-11-18)20(25)13-19-17(4)22-21-16(3)9-8-12-23(19)21/h5-12,15H,13-14H2,1-4H3. The Hall–Kier alpha value is -2.62. The summed E-state index contributed by atoms with van der Waals surface area (Å²) in [5.41, 5.74) is 5.10. The van der Waals surface area contributed by atoms with E-state index in [2.05, 4.69) is 31.0 Å². The van der Waals surface area contributed by atoms with Crippen LogP contribution in [0.5, 0.6) is 0 Å². The van der Waals surface area contributed by atoms with E-state index in [1.165, 1.54) is 0 Å². The van der Waals surface area contributed by atoms with E-state index in [0.29, 0.717) is 13.0 Å². The number of amides is 1. The van der Waals surface area contributed by atoms with Crippen molar-refractivity contribution in [2.24, 2.45) is 0 Å². The van der Waals surface area contributed by atoms with Gasteiger partial charge in [0.2, 0.25) is 5.91 Å². The number of carbonyl (C=O) groups is 1. The molecule has 0 aliphatic rings. The lowest BCUT2D eigenvalue weighted by atomic mass is 10.1. The molecule has 0 radical (unpaired) electrons. The van der Waals surface area contributed by atoms with Crippen LogP contribution >= 0.6 is 0 Å². The Balaban J connectivity index is 1.87. The Kier molecular flexibility index (Phi) is 4.88. The van der Waals surface area contributed by atoms with E-state index >= 15 is 0 Å². The zero-order valence-corrected chi connectivity index (χ0v) is 15.4. The molecule has 2 aromatic heterocycles. The van der Waals surface area contributed by atoms with Crippen LogP contribution < -0.4 is 0 Å². The summed E-state index contributed by atoms with van der Waals surface area (Å²) in [6.45, 7) is 8.78. The molecule has 0 spiro atoms. The number of aryl methyl sites for hydroxylation is 2. The number of imidazole rings is 1. The highest BCUT2D eigenvalue weighted by Crippen LogP contribution is 2.18. The lowest BCUT2D eigenvalue weighted by Crippen LogP contribution is -2.37. The fourth-order valence-electron chi connectivity index (χ4n) is 3.16. The van der Waals surface area contributed by atoms with Crippen LogP contribution in [0.15, 0.2) is 48.7 Å². The first-order chi connectivity index (χ1) is 12.0. The van der Waals surface area contributed by atoms with Crippen LogP contribution in [0.4, 0.5) is 0 Å². The molecule has 4 nitrogen and oxygen atoms in total. The number of benzene rings is 1. The summed E-state index contributed by atoms with van der Waals surface area (Å²) >= 11 is 0. The average Bonchev–Trinajstić information content (AvgIpc) is 2.91. The second kappa shape index (κ2) is 7.09. The van der Waals surface area contributed by atoms with Crippen molar-refractivity contribution < 1.29 is 4.79 Å². The van der Waals surface area contributed by atoms with Gasteiger partial charge in [0, 0.05) is 18.8 Å². The minimum absolute atomic E-state index is 0.130. The molecule has 1 amide bonds. The van der Waals surface area contributed by atoms with Crippen molar-refractivity contribution in [2.45, 2.75) is 46.7 Å². The van der Waals surface area contributed by atoms with Gasteiger partial charge in [-0.25, -0.2) is 4.98 Å². The van der Waals surface area contributed by atoms with Crippen molar-refractivity contribution in [3.05, 3.63) is 71.2 Å². The lowest BCUT2D eigenvalue weighted by molar-refractivity contribution is -0.132. The molecule has 0 N–H and O–H groups in total. The van der Waals surface area contributed by atoms with Gasteiger partial charge in [-0.05, 0) is 44.9 Å². The van der Waals surface area contributed by atoms with Crippen molar-refractivity contribution in [2.75, 3.05) is 0 Å². The molecule has 0 aliphatic heterocycles. The highest BCUT2D eigenvalue weighted by Gasteiger charge is 2.21. The van der Waals surface area contributed by atoms with Crippen LogP contribution in [0.3, 0.4) is 0 Å². The third kappa shape index (κ3) is 3.58.